The number of allylic oxidation sites excluding steroid dienone is 1. The predicted molar refractivity (Wildman–Crippen MR) is 62.1 cm³/mol. The molecule has 0 saturated heterocycles. The third-order valence-corrected chi connectivity index (χ3v) is 2.79. The van der Waals surface area contributed by atoms with Gasteiger partial charge in [0.05, 0.1) is 4.47 Å². The van der Waals surface area contributed by atoms with Crippen molar-refractivity contribution < 1.29 is 9.50 Å². The first-order chi connectivity index (χ1) is 7.07. The van der Waals surface area contributed by atoms with Gasteiger partial charge in [-0.25, -0.2) is 4.39 Å². The lowest BCUT2D eigenvalue weighted by Gasteiger charge is -2.13. The number of hydrogen-bond acceptors (Lipinski definition) is 2. The molecule has 0 aliphatic heterocycles. The molecule has 3 N–H and O–H groups in total. The Morgan fingerprint density at radius 3 is 2.87 bits per heavy atom. The Morgan fingerprint density at radius 1 is 1.60 bits per heavy atom. The lowest BCUT2D eigenvalue weighted by molar-refractivity contribution is 0.417. The number of hydrogen-bond donors (Lipinski definition) is 2. The zero-order chi connectivity index (χ0) is 11.4. The highest BCUT2D eigenvalue weighted by Gasteiger charge is 2.15. The first-order valence-electron chi connectivity index (χ1n) is 4.61. The van der Waals surface area contributed by atoms with Crippen LogP contribution in [0.25, 0.3) is 0 Å². The molecule has 0 spiro atoms. The molecule has 0 bridgehead atoms. The van der Waals surface area contributed by atoms with Crippen molar-refractivity contribution in [3.8, 4) is 5.75 Å². The molecule has 0 saturated carbocycles. The summed E-state index contributed by atoms with van der Waals surface area (Å²) in [5.41, 5.74) is 6.24. The van der Waals surface area contributed by atoms with Crippen molar-refractivity contribution in [3.63, 3.8) is 0 Å². The van der Waals surface area contributed by atoms with Gasteiger partial charge in [0.25, 0.3) is 0 Å². The van der Waals surface area contributed by atoms with Crippen LogP contribution in [0.2, 0.25) is 0 Å². The molecule has 0 radical (unpaired) electrons. The van der Waals surface area contributed by atoms with Crippen LogP contribution in [0, 0.1) is 5.82 Å². The molecule has 0 heterocycles. The fourth-order valence-electron chi connectivity index (χ4n) is 1.31. The van der Waals surface area contributed by atoms with Crippen LogP contribution >= 0.6 is 15.9 Å². The Balaban J connectivity index is 2.94. The number of phenolic OH excluding ortho intramolecular Hbond substituents is 1. The van der Waals surface area contributed by atoms with E-state index in [1.165, 1.54) is 6.07 Å². The summed E-state index contributed by atoms with van der Waals surface area (Å²) in [6.45, 7) is 3.58. The molecule has 1 rings (SSSR count). The number of aromatic hydroxyl groups is 1. The number of phenols is 1. The van der Waals surface area contributed by atoms with Crippen LogP contribution in [0.4, 0.5) is 4.39 Å². The summed E-state index contributed by atoms with van der Waals surface area (Å²) >= 11 is 2.99. The van der Waals surface area contributed by atoms with Gasteiger partial charge in [-0.3, -0.25) is 0 Å². The molecule has 0 fully saturated rings. The molecule has 1 aromatic rings. The third-order valence-electron chi connectivity index (χ3n) is 2.18. The number of rotatable bonds is 4. The molecule has 1 atom stereocenters. The first kappa shape index (κ1) is 12.2. The molecule has 0 amide bonds. The van der Waals surface area contributed by atoms with Gasteiger partial charge in [-0.1, -0.05) is 12.1 Å². The Bertz CT molecular complexity index is 368. The van der Waals surface area contributed by atoms with Gasteiger partial charge in [-0.15, -0.1) is 6.58 Å². The molecule has 1 aromatic carbocycles. The van der Waals surface area contributed by atoms with Crippen molar-refractivity contribution in [1.82, 2.24) is 0 Å². The second-order valence-electron chi connectivity index (χ2n) is 3.27. The Labute approximate surface area is 96.7 Å². The zero-order valence-corrected chi connectivity index (χ0v) is 9.80. The Hall–Kier alpha value is -0.870. The number of benzene rings is 1. The van der Waals surface area contributed by atoms with E-state index in [9.17, 15) is 9.50 Å². The quantitative estimate of drug-likeness (QED) is 0.828. The van der Waals surface area contributed by atoms with Crippen LogP contribution in [0.1, 0.15) is 24.4 Å². The summed E-state index contributed by atoms with van der Waals surface area (Å²) in [4.78, 5) is 0. The second-order valence-corrected chi connectivity index (χ2v) is 4.13. The summed E-state index contributed by atoms with van der Waals surface area (Å²) in [7, 11) is 0. The van der Waals surface area contributed by atoms with E-state index in [0.29, 0.717) is 12.0 Å². The van der Waals surface area contributed by atoms with Gasteiger partial charge < -0.3 is 10.8 Å². The van der Waals surface area contributed by atoms with E-state index in [1.54, 1.807) is 12.1 Å². The van der Waals surface area contributed by atoms with Crippen LogP contribution in [-0.4, -0.2) is 5.11 Å². The molecule has 82 valence electrons. The monoisotopic (exact) mass is 273 g/mol. The minimum absolute atomic E-state index is 0.236. The smallest absolute Gasteiger partial charge is 0.179 e. The zero-order valence-electron chi connectivity index (χ0n) is 8.21. The maximum absolute atomic E-state index is 13.3. The average Bonchev–Trinajstić information content (AvgIpc) is 2.23. The van der Waals surface area contributed by atoms with Crippen LogP contribution in [0.3, 0.4) is 0 Å². The minimum atomic E-state index is -0.665. The fourth-order valence-corrected chi connectivity index (χ4v) is 1.63. The molecular weight excluding hydrogens is 261 g/mol. The predicted octanol–water partition coefficient (Wildman–Crippen LogP) is 3.26. The maximum atomic E-state index is 13.3. The molecule has 0 aliphatic carbocycles. The number of halogens is 2. The van der Waals surface area contributed by atoms with Crippen LogP contribution < -0.4 is 5.73 Å². The molecule has 0 unspecified atom stereocenters. The van der Waals surface area contributed by atoms with E-state index < -0.39 is 5.82 Å². The lowest BCUT2D eigenvalue weighted by Crippen LogP contribution is -2.10. The molecule has 0 aliphatic rings. The summed E-state index contributed by atoms with van der Waals surface area (Å²) in [6, 6.07) is 2.79. The van der Waals surface area contributed by atoms with Gasteiger partial charge in [0, 0.05) is 11.6 Å². The van der Waals surface area contributed by atoms with Crippen molar-refractivity contribution in [2.45, 2.75) is 18.9 Å². The van der Waals surface area contributed by atoms with E-state index >= 15 is 0 Å². The Kier molecular flexibility index (Phi) is 4.29. The van der Waals surface area contributed by atoms with Crippen molar-refractivity contribution in [3.05, 3.63) is 40.6 Å². The topological polar surface area (TPSA) is 46.2 Å². The SMILES string of the molecule is C=CCC[C@@H](N)c1ccc(Br)c(F)c1O. The normalized spacial score (nSPS) is 12.5. The highest BCUT2D eigenvalue weighted by atomic mass is 79.9. The van der Waals surface area contributed by atoms with Gasteiger partial charge in [-0.05, 0) is 34.8 Å². The first-order valence-corrected chi connectivity index (χ1v) is 5.40. The second kappa shape index (κ2) is 5.28. The fraction of sp³-hybridized carbons (Fsp3) is 0.273. The van der Waals surface area contributed by atoms with Crippen LogP contribution in [0.15, 0.2) is 29.3 Å². The summed E-state index contributed by atoms with van der Waals surface area (Å²) in [6.07, 6.45) is 3.11. The molecule has 2 nitrogen and oxygen atoms in total. The highest BCUT2D eigenvalue weighted by molar-refractivity contribution is 9.10. The van der Waals surface area contributed by atoms with E-state index in [0.717, 1.165) is 6.42 Å². The van der Waals surface area contributed by atoms with Crippen molar-refractivity contribution in [2.24, 2.45) is 5.73 Å². The van der Waals surface area contributed by atoms with Gasteiger partial charge in [0.2, 0.25) is 0 Å². The number of nitrogens with two attached hydrogens (primary N) is 1. The van der Waals surface area contributed by atoms with Gasteiger partial charge in [-0.2, -0.15) is 0 Å². The molecule has 0 aromatic heterocycles. The lowest BCUT2D eigenvalue weighted by atomic mass is 10.0. The largest absolute Gasteiger partial charge is 0.505 e. The van der Waals surface area contributed by atoms with E-state index in [2.05, 4.69) is 22.5 Å². The van der Waals surface area contributed by atoms with E-state index in [4.69, 9.17) is 5.73 Å². The van der Waals surface area contributed by atoms with E-state index in [-0.39, 0.29) is 16.3 Å². The summed E-state index contributed by atoms with van der Waals surface area (Å²) in [5.74, 6) is -1.04. The van der Waals surface area contributed by atoms with Crippen LogP contribution in [0.5, 0.6) is 5.75 Å². The third kappa shape index (κ3) is 2.79. The minimum Gasteiger partial charge on any atom is -0.505 e. The summed E-state index contributed by atoms with van der Waals surface area (Å²) < 4.78 is 13.5. The van der Waals surface area contributed by atoms with Crippen molar-refractivity contribution in [2.75, 3.05) is 0 Å². The standard InChI is InChI=1S/C11H13BrFNO/c1-2-3-4-9(14)7-5-6-8(12)10(13)11(7)15/h2,5-6,9,15H,1,3-4,14H2/t9-/m1/s1. The molecule has 4 heteroatoms. The molecular formula is C11H13BrFNO. The average molecular weight is 274 g/mol. The molecule has 15 heavy (non-hydrogen) atoms. The van der Waals surface area contributed by atoms with Crippen LogP contribution in [-0.2, 0) is 0 Å². The van der Waals surface area contributed by atoms with Gasteiger partial charge in [0.15, 0.2) is 11.6 Å². The summed E-state index contributed by atoms with van der Waals surface area (Å²) in [5, 5.41) is 9.54. The van der Waals surface area contributed by atoms with Gasteiger partial charge >= 0.3 is 0 Å². The van der Waals surface area contributed by atoms with Crippen molar-refractivity contribution >= 4 is 15.9 Å². The maximum Gasteiger partial charge on any atom is 0.179 e. The van der Waals surface area contributed by atoms with Crippen molar-refractivity contribution in [1.29, 1.82) is 0 Å². The highest BCUT2D eigenvalue weighted by Crippen LogP contribution is 2.32. The Morgan fingerprint density at radius 2 is 2.27 bits per heavy atom. The van der Waals surface area contributed by atoms with Gasteiger partial charge in [0.1, 0.15) is 0 Å². The van der Waals surface area contributed by atoms with E-state index in [1.807, 2.05) is 0 Å².